The fourth-order valence-electron chi connectivity index (χ4n) is 1.89. The van der Waals surface area contributed by atoms with Gasteiger partial charge in [-0.25, -0.2) is 0 Å². The van der Waals surface area contributed by atoms with Crippen molar-refractivity contribution in [3.05, 3.63) is 11.3 Å². The number of carbonyl (C=O) groups excluding carboxylic acids is 2. The Morgan fingerprint density at radius 2 is 1.83 bits per heavy atom. The average molecular weight is 262 g/mol. The summed E-state index contributed by atoms with van der Waals surface area (Å²) in [6.45, 7) is 0. The second-order valence-electron chi connectivity index (χ2n) is 4.53. The molecule has 4 nitrogen and oxygen atoms in total. The van der Waals surface area contributed by atoms with Crippen molar-refractivity contribution < 1.29 is 22.8 Å². The predicted octanol–water partition coefficient (Wildman–Crippen LogP) is 1.59. The maximum atomic E-state index is 12.3. The van der Waals surface area contributed by atoms with Gasteiger partial charge in [-0.3, -0.25) is 15.0 Å². The number of allylic oxidation sites excluding steroid dienone is 2. The molecule has 0 saturated heterocycles. The summed E-state index contributed by atoms with van der Waals surface area (Å²) >= 11 is 0. The van der Waals surface area contributed by atoms with Crippen LogP contribution in [0.15, 0.2) is 11.3 Å². The highest BCUT2D eigenvalue weighted by Crippen LogP contribution is 2.31. The Labute approximate surface area is 102 Å². The Bertz CT molecular complexity index is 411. The summed E-state index contributed by atoms with van der Waals surface area (Å²) < 4.78 is 36.9. The molecule has 1 saturated carbocycles. The Kier molecular flexibility index (Phi) is 3.32. The largest absolute Gasteiger partial charge is 0.454 e. The first kappa shape index (κ1) is 12.9. The van der Waals surface area contributed by atoms with Crippen LogP contribution >= 0.6 is 0 Å². The predicted molar refractivity (Wildman–Crippen MR) is 55.9 cm³/mol. The number of amides is 1. The third kappa shape index (κ3) is 2.83. The van der Waals surface area contributed by atoms with Crippen molar-refractivity contribution in [1.29, 1.82) is 0 Å². The van der Waals surface area contributed by atoms with Crippen LogP contribution in [0.5, 0.6) is 0 Å². The zero-order valence-electron chi connectivity index (χ0n) is 9.56. The van der Waals surface area contributed by atoms with E-state index in [9.17, 15) is 22.8 Å². The lowest BCUT2D eigenvalue weighted by atomic mass is 10.1. The highest BCUT2D eigenvalue weighted by Gasteiger charge is 2.42. The minimum Gasteiger partial charge on any atom is -0.302 e. The minimum absolute atomic E-state index is 0.0405. The zero-order chi connectivity index (χ0) is 13.3. The molecule has 0 aromatic rings. The van der Waals surface area contributed by atoms with E-state index in [-0.39, 0.29) is 29.5 Å². The molecule has 0 aliphatic heterocycles. The van der Waals surface area contributed by atoms with Gasteiger partial charge in [-0.05, 0) is 32.1 Å². The van der Waals surface area contributed by atoms with E-state index < -0.39 is 12.0 Å². The summed E-state index contributed by atoms with van der Waals surface area (Å²) in [7, 11) is 0. The topological polar surface area (TPSA) is 58.2 Å². The van der Waals surface area contributed by atoms with Crippen LogP contribution in [-0.2, 0) is 9.59 Å². The normalized spacial score (nSPS) is 19.9. The highest BCUT2D eigenvalue weighted by molar-refractivity contribution is 6.00. The number of hydrazine groups is 1. The molecule has 0 heterocycles. The van der Waals surface area contributed by atoms with E-state index in [1.54, 1.807) is 0 Å². The van der Waals surface area contributed by atoms with Crippen LogP contribution in [0.4, 0.5) is 13.2 Å². The molecule has 7 heteroatoms. The smallest absolute Gasteiger partial charge is 0.302 e. The molecular weight excluding hydrogens is 249 g/mol. The van der Waals surface area contributed by atoms with Gasteiger partial charge in [0.15, 0.2) is 0 Å². The molecule has 1 amide bonds. The molecular formula is C11H13F3N2O2. The molecule has 2 rings (SSSR count). The first-order valence-corrected chi connectivity index (χ1v) is 5.79. The van der Waals surface area contributed by atoms with Gasteiger partial charge in [0, 0.05) is 17.2 Å². The molecule has 0 unspecified atom stereocenters. The van der Waals surface area contributed by atoms with E-state index in [0.29, 0.717) is 12.8 Å². The van der Waals surface area contributed by atoms with Crippen LogP contribution in [0.2, 0.25) is 0 Å². The molecule has 0 spiro atoms. The molecule has 2 N–H and O–H groups in total. The Balaban J connectivity index is 1.99. The first-order valence-electron chi connectivity index (χ1n) is 5.79. The van der Waals surface area contributed by atoms with Crippen LogP contribution in [-0.4, -0.2) is 17.9 Å². The number of ketones is 1. The standard InChI is InChI=1S/C11H13F3N2O2/c12-11(13,14)9(17)7-2-1-3-8(7)15-16-10(18)6-4-5-6/h6,15H,1-5H2,(H,16,18). The number of rotatable bonds is 4. The first-order chi connectivity index (χ1) is 8.39. The van der Waals surface area contributed by atoms with E-state index >= 15 is 0 Å². The summed E-state index contributed by atoms with van der Waals surface area (Å²) in [5, 5.41) is 0. The van der Waals surface area contributed by atoms with E-state index in [2.05, 4.69) is 10.9 Å². The lowest BCUT2D eigenvalue weighted by molar-refractivity contribution is -0.166. The Morgan fingerprint density at radius 3 is 2.39 bits per heavy atom. The van der Waals surface area contributed by atoms with Gasteiger partial charge in [-0.15, -0.1) is 0 Å². The number of hydrogen-bond donors (Lipinski definition) is 2. The SMILES string of the molecule is O=C(NNC1=C(C(=O)C(F)(F)F)CCC1)C1CC1. The Hall–Kier alpha value is -1.53. The van der Waals surface area contributed by atoms with Gasteiger partial charge in [-0.1, -0.05) is 0 Å². The van der Waals surface area contributed by atoms with Gasteiger partial charge >= 0.3 is 6.18 Å². The molecule has 0 atom stereocenters. The quantitative estimate of drug-likeness (QED) is 0.756. The van der Waals surface area contributed by atoms with Crippen LogP contribution in [0.25, 0.3) is 0 Å². The van der Waals surface area contributed by atoms with Crippen molar-refractivity contribution in [2.75, 3.05) is 0 Å². The molecule has 18 heavy (non-hydrogen) atoms. The van der Waals surface area contributed by atoms with Crippen LogP contribution in [0, 0.1) is 5.92 Å². The second kappa shape index (κ2) is 4.62. The number of alkyl halides is 3. The van der Waals surface area contributed by atoms with Gasteiger partial charge in [0.1, 0.15) is 0 Å². The van der Waals surface area contributed by atoms with Gasteiger partial charge in [-0.2, -0.15) is 13.2 Å². The zero-order valence-corrected chi connectivity index (χ0v) is 9.56. The average Bonchev–Trinajstić information content (AvgIpc) is 3.03. The third-order valence-corrected chi connectivity index (χ3v) is 3.03. The number of halogens is 3. The van der Waals surface area contributed by atoms with Crippen molar-refractivity contribution in [2.24, 2.45) is 5.92 Å². The highest BCUT2D eigenvalue weighted by atomic mass is 19.4. The molecule has 0 bridgehead atoms. The maximum Gasteiger partial charge on any atom is 0.454 e. The number of hydrogen-bond acceptors (Lipinski definition) is 3. The van der Waals surface area contributed by atoms with Gasteiger partial charge in [0.25, 0.3) is 5.78 Å². The van der Waals surface area contributed by atoms with Crippen LogP contribution in [0.1, 0.15) is 32.1 Å². The summed E-state index contributed by atoms with van der Waals surface area (Å²) in [4.78, 5) is 22.5. The van der Waals surface area contributed by atoms with Crippen molar-refractivity contribution in [2.45, 2.75) is 38.3 Å². The number of Topliss-reactive ketones (excluding diaryl/α,β-unsaturated/α-hetero) is 1. The number of nitrogens with one attached hydrogen (secondary N) is 2. The lowest BCUT2D eigenvalue weighted by Gasteiger charge is -2.12. The molecule has 1 fully saturated rings. The van der Waals surface area contributed by atoms with E-state index in [4.69, 9.17) is 0 Å². The lowest BCUT2D eigenvalue weighted by Crippen LogP contribution is -2.38. The van der Waals surface area contributed by atoms with Crippen molar-refractivity contribution in [3.63, 3.8) is 0 Å². The second-order valence-corrected chi connectivity index (χ2v) is 4.53. The Morgan fingerprint density at radius 1 is 1.17 bits per heavy atom. The third-order valence-electron chi connectivity index (χ3n) is 3.03. The van der Waals surface area contributed by atoms with Crippen molar-refractivity contribution >= 4 is 11.7 Å². The van der Waals surface area contributed by atoms with E-state index in [0.717, 1.165) is 12.8 Å². The van der Waals surface area contributed by atoms with Crippen molar-refractivity contribution in [1.82, 2.24) is 10.9 Å². The molecule has 0 aromatic carbocycles. The summed E-state index contributed by atoms with van der Waals surface area (Å²) in [6.07, 6.45) is -2.31. The van der Waals surface area contributed by atoms with E-state index in [1.165, 1.54) is 0 Å². The van der Waals surface area contributed by atoms with Crippen LogP contribution in [0.3, 0.4) is 0 Å². The molecule has 100 valence electrons. The van der Waals surface area contributed by atoms with Gasteiger partial charge in [0.05, 0.1) is 0 Å². The molecule has 0 radical (unpaired) electrons. The van der Waals surface area contributed by atoms with Gasteiger partial charge in [0.2, 0.25) is 5.91 Å². The molecule has 2 aliphatic rings. The van der Waals surface area contributed by atoms with Crippen LogP contribution < -0.4 is 10.9 Å². The van der Waals surface area contributed by atoms with E-state index in [1.807, 2.05) is 0 Å². The summed E-state index contributed by atoms with van der Waals surface area (Å²) in [5.41, 5.74) is 4.74. The summed E-state index contributed by atoms with van der Waals surface area (Å²) in [5.74, 6) is -2.09. The fourth-order valence-corrected chi connectivity index (χ4v) is 1.89. The van der Waals surface area contributed by atoms with Crippen molar-refractivity contribution in [3.8, 4) is 0 Å². The fraction of sp³-hybridized carbons (Fsp3) is 0.636. The molecule has 0 aromatic heterocycles. The monoisotopic (exact) mass is 262 g/mol. The maximum absolute atomic E-state index is 12.3. The molecule has 2 aliphatic carbocycles. The number of carbonyl (C=O) groups is 2. The van der Waals surface area contributed by atoms with Gasteiger partial charge < -0.3 is 5.43 Å². The summed E-state index contributed by atoms with van der Waals surface area (Å²) in [6, 6.07) is 0. The minimum atomic E-state index is -4.85.